The summed E-state index contributed by atoms with van der Waals surface area (Å²) in [5.41, 5.74) is 2.14. The number of benzene rings is 1. The lowest BCUT2D eigenvalue weighted by Crippen LogP contribution is -2.48. The monoisotopic (exact) mass is 370 g/mol. The van der Waals surface area contributed by atoms with Crippen LogP contribution in [0.25, 0.3) is 21.9 Å². The molecule has 27 heavy (non-hydrogen) atoms. The fraction of sp³-hybridized carbons (Fsp3) is 0.350. The van der Waals surface area contributed by atoms with Gasteiger partial charge in [-0.25, -0.2) is 4.79 Å². The minimum Gasteiger partial charge on any atom is -0.548 e. The number of furan rings is 1. The van der Waals surface area contributed by atoms with Crippen molar-refractivity contribution in [3.05, 3.63) is 45.5 Å². The van der Waals surface area contributed by atoms with Gasteiger partial charge in [0.2, 0.25) is 5.91 Å². The van der Waals surface area contributed by atoms with Crippen LogP contribution in [0.3, 0.4) is 0 Å². The average molecular weight is 370 g/mol. The van der Waals surface area contributed by atoms with Gasteiger partial charge in [-0.3, -0.25) is 4.79 Å². The molecule has 0 aliphatic heterocycles. The van der Waals surface area contributed by atoms with Crippen LogP contribution in [0.5, 0.6) is 0 Å². The van der Waals surface area contributed by atoms with Crippen molar-refractivity contribution in [2.24, 2.45) is 0 Å². The Balaban J connectivity index is 1.97. The van der Waals surface area contributed by atoms with Gasteiger partial charge in [-0.2, -0.15) is 0 Å². The number of carbonyl (C=O) groups excluding carboxylic acids is 2. The highest BCUT2D eigenvalue weighted by atomic mass is 16.4. The second-order valence-corrected chi connectivity index (χ2v) is 6.66. The van der Waals surface area contributed by atoms with E-state index in [4.69, 9.17) is 8.83 Å². The standard InChI is InChI=1S/C20H21NO6/c1-4-5-15(19(23)24)21-18(22)7-14-11(3)13-6-12-10(2)9-26-16(12)8-17(13)27-20(14)25/h6,8-9,15H,4-5,7H2,1-3H3,(H,21,22)(H,23,24)/p-1/t15-/m1/s1. The fourth-order valence-electron chi connectivity index (χ4n) is 3.19. The first-order chi connectivity index (χ1) is 12.8. The predicted molar refractivity (Wildman–Crippen MR) is 97.3 cm³/mol. The molecule has 7 nitrogen and oxygen atoms in total. The molecule has 3 rings (SSSR count). The zero-order valence-corrected chi connectivity index (χ0v) is 15.4. The first-order valence-electron chi connectivity index (χ1n) is 8.76. The lowest BCUT2D eigenvalue weighted by Gasteiger charge is -2.19. The highest BCUT2D eigenvalue weighted by Crippen LogP contribution is 2.28. The van der Waals surface area contributed by atoms with Crippen LogP contribution in [-0.2, 0) is 16.0 Å². The average Bonchev–Trinajstić information content (AvgIpc) is 2.97. The number of aliphatic carboxylic acids is 1. The van der Waals surface area contributed by atoms with Gasteiger partial charge in [-0.1, -0.05) is 13.3 Å². The molecular weight excluding hydrogens is 350 g/mol. The van der Waals surface area contributed by atoms with Crippen LogP contribution in [0, 0.1) is 13.8 Å². The highest BCUT2D eigenvalue weighted by Gasteiger charge is 2.19. The largest absolute Gasteiger partial charge is 0.548 e. The van der Waals surface area contributed by atoms with Crippen molar-refractivity contribution in [2.45, 2.75) is 46.1 Å². The minimum absolute atomic E-state index is 0.203. The summed E-state index contributed by atoms with van der Waals surface area (Å²) in [7, 11) is 0. The van der Waals surface area contributed by atoms with Gasteiger partial charge in [0.25, 0.3) is 0 Å². The SMILES string of the molecule is CCC[C@@H](NC(=O)Cc1c(C)c2cc3c(C)coc3cc2oc1=O)C(=O)[O-]. The van der Waals surface area contributed by atoms with Crippen LogP contribution in [0.2, 0.25) is 0 Å². The van der Waals surface area contributed by atoms with Crippen molar-refractivity contribution in [1.82, 2.24) is 5.32 Å². The Morgan fingerprint density at radius 1 is 1.19 bits per heavy atom. The van der Waals surface area contributed by atoms with Gasteiger partial charge in [-0.05, 0) is 37.5 Å². The van der Waals surface area contributed by atoms with Crippen LogP contribution in [-0.4, -0.2) is 17.9 Å². The molecule has 7 heteroatoms. The molecule has 0 unspecified atom stereocenters. The number of hydrogen-bond donors (Lipinski definition) is 1. The second kappa shape index (κ2) is 7.26. The predicted octanol–water partition coefficient (Wildman–Crippen LogP) is 1.73. The van der Waals surface area contributed by atoms with E-state index in [0.29, 0.717) is 28.5 Å². The number of rotatable bonds is 6. The molecule has 1 aromatic carbocycles. The maximum atomic E-state index is 12.4. The van der Waals surface area contributed by atoms with Gasteiger partial charge in [0.05, 0.1) is 30.3 Å². The quantitative estimate of drug-likeness (QED) is 0.661. The molecule has 2 aromatic heterocycles. The maximum Gasteiger partial charge on any atom is 0.340 e. The Bertz CT molecular complexity index is 1090. The second-order valence-electron chi connectivity index (χ2n) is 6.66. The molecule has 1 amide bonds. The van der Waals surface area contributed by atoms with Crippen LogP contribution < -0.4 is 16.0 Å². The summed E-state index contributed by atoms with van der Waals surface area (Å²) in [4.78, 5) is 35.7. The van der Waals surface area contributed by atoms with Gasteiger partial charge in [0.1, 0.15) is 11.2 Å². The summed E-state index contributed by atoms with van der Waals surface area (Å²) >= 11 is 0. The van der Waals surface area contributed by atoms with Gasteiger partial charge >= 0.3 is 5.63 Å². The number of hydrogen-bond acceptors (Lipinski definition) is 6. The van der Waals surface area contributed by atoms with Crippen molar-refractivity contribution in [1.29, 1.82) is 0 Å². The minimum atomic E-state index is -1.34. The van der Waals surface area contributed by atoms with Crippen LogP contribution >= 0.6 is 0 Å². The summed E-state index contributed by atoms with van der Waals surface area (Å²) in [6, 6.07) is 2.44. The molecule has 0 bridgehead atoms. The number of nitrogens with one attached hydrogen (secondary N) is 1. The number of fused-ring (bicyclic) bond motifs is 2. The molecular formula is C20H20NO6-. The normalized spacial score (nSPS) is 12.4. The van der Waals surface area contributed by atoms with Crippen molar-refractivity contribution in [2.75, 3.05) is 0 Å². The molecule has 3 aromatic rings. The number of carboxylic acid groups (broad SMARTS) is 1. The van der Waals surface area contributed by atoms with Gasteiger partial charge in [0.15, 0.2) is 0 Å². The Morgan fingerprint density at radius 2 is 1.93 bits per heavy atom. The Labute approximate surface area is 155 Å². The van der Waals surface area contributed by atoms with E-state index in [1.54, 1.807) is 19.3 Å². The molecule has 0 spiro atoms. The Morgan fingerprint density at radius 3 is 2.59 bits per heavy atom. The van der Waals surface area contributed by atoms with E-state index >= 15 is 0 Å². The Kier molecular flexibility index (Phi) is 5.03. The van der Waals surface area contributed by atoms with Crippen molar-refractivity contribution >= 4 is 33.8 Å². The third-order valence-corrected chi connectivity index (χ3v) is 4.71. The van der Waals surface area contributed by atoms with E-state index in [1.807, 2.05) is 19.9 Å². The first kappa shape index (κ1) is 18.7. The molecule has 142 valence electrons. The van der Waals surface area contributed by atoms with Crippen molar-refractivity contribution < 1.29 is 23.5 Å². The first-order valence-corrected chi connectivity index (χ1v) is 8.76. The summed E-state index contributed by atoms with van der Waals surface area (Å²) < 4.78 is 10.8. The lowest BCUT2D eigenvalue weighted by atomic mass is 10.0. The summed E-state index contributed by atoms with van der Waals surface area (Å²) in [5, 5.41) is 15.1. The lowest BCUT2D eigenvalue weighted by molar-refractivity contribution is -0.308. The molecule has 1 N–H and O–H groups in total. The summed E-state index contributed by atoms with van der Waals surface area (Å²) in [6.07, 6.45) is 2.20. The third-order valence-electron chi connectivity index (χ3n) is 4.71. The summed E-state index contributed by atoms with van der Waals surface area (Å²) in [5.74, 6) is -1.90. The van der Waals surface area contributed by atoms with Crippen molar-refractivity contribution in [3.63, 3.8) is 0 Å². The van der Waals surface area contributed by atoms with E-state index in [0.717, 1.165) is 10.9 Å². The molecule has 0 saturated carbocycles. The van der Waals surface area contributed by atoms with Gasteiger partial charge in [-0.15, -0.1) is 0 Å². The molecule has 0 aliphatic rings. The topological polar surface area (TPSA) is 113 Å². The number of carboxylic acids is 1. The van der Waals surface area contributed by atoms with E-state index in [9.17, 15) is 19.5 Å². The fourth-order valence-corrected chi connectivity index (χ4v) is 3.19. The zero-order valence-electron chi connectivity index (χ0n) is 15.4. The van der Waals surface area contributed by atoms with Gasteiger partial charge < -0.3 is 24.1 Å². The molecule has 0 aliphatic carbocycles. The molecule has 0 fully saturated rings. The Hall–Kier alpha value is -3.09. The van der Waals surface area contributed by atoms with Crippen LogP contribution in [0.15, 0.2) is 32.0 Å². The number of carbonyl (C=O) groups is 2. The van der Waals surface area contributed by atoms with Gasteiger partial charge in [0, 0.05) is 16.8 Å². The molecule has 2 heterocycles. The van der Waals surface area contributed by atoms with Crippen LogP contribution in [0.4, 0.5) is 0 Å². The van der Waals surface area contributed by atoms with E-state index in [1.165, 1.54) is 0 Å². The highest BCUT2D eigenvalue weighted by molar-refractivity contribution is 5.96. The van der Waals surface area contributed by atoms with Crippen LogP contribution in [0.1, 0.15) is 36.5 Å². The smallest absolute Gasteiger partial charge is 0.340 e. The molecule has 0 radical (unpaired) electrons. The van der Waals surface area contributed by atoms with E-state index in [-0.39, 0.29) is 18.4 Å². The molecule has 1 atom stereocenters. The number of amides is 1. The summed E-state index contributed by atoms with van der Waals surface area (Å²) in [6.45, 7) is 5.46. The maximum absolute atomic E-state index is 12.4. The van der Waals surface area contributed by atoms with E-state index in [2.05, 4.69) is 5.32 Å². The third kappa shape index (κ3) is 3.58. The molecule has 0 saturated heterocycles. The zero-order chi connectivity index (χ0) is 19.7. The van der Waals surface area contributed by atoms with E-state index < -0.39 is 23.5 Å². The number of aryl methyl sites for hydroxylation is 2. The van der Waals surface area contributed by atoms with Crippen molar-refractivity contribution in [3.8, 4) is 0 Å².